The topological polar surface area (TPSA) is 26.3 Å². The highest BCUT2D eigenvalue weighted by molar-refractivity contribution is 5.69. The van der Waals surface area contributed by atoms with E-state index in [1.54, 1.807) is 0 Å². The van der Waals surface area contributed by atoms with Crippen LogP contribution in [0.15, 0.2) is 24.3 Å². The summed E-state index contributed by atoms with van der Waals surface area (Å²) < 4.78 is 4.89. The highest BCUT2D eigenvalue weighted by atomic mass is 16.5. The minimum atomic E-state index is -0.0656. The van der Waals surface area contributed by atoms with Gasteiger partial charge < -0.3 is 4.74 Å². The number of carbonyl (C=O) groups excluding carboxylic acids is 1. The van der Waals surface area contributed by atoms with Gasteiger partial charge in [0.25, 0.3) is 0 Å². The summed E-state index contributed by atoms with van der Waals surface area (Å²) in [6, 6.07) is 0. The largest absolute Gasteiger partial charge is 0.466 e. The molecular formula is C20H36O2. The Kier molecular flexibility index (Phi) is 17.1. The van der Waals surface area contributed by atoms with Gasteiger partial charge in [-0.2, -0.15) is 0 Å². The van der Waals surface area contributed by atoms with Gasteiger partial charge in [-0.05, 0) is 45.4 Å². The van der Waals surface area contributed by atoms with Crippen LogP contribution < -0.4 is 0 Å². The minimum absolute atomic E-state index is 0.0656. The van der Waals surface area contributed by atoms with Gasteiger partial charge in [0.1, 0.15) is 0 Å². The van der Waals surface area contributed by atoms with E-state index in [4.69, 9.17) is 4.74 Å². The zero-order chi connectivity index (χ0) is 16.3. The molecule has 22 heavy (non-hydrogen) atoms. The fraction of sp³-hybridized carbons (Fsp3) is 0.750. The van der Waals surface area contributed by atoms with Crippen LogP contribution in [0.4, 0.5) is 0 Å². The van der Waals surface area contributed by atoms with Crippen LogP contribution in [-0.4, -0.2) is 12.6 Å². The smallest absolute Gasteiger partial charge is 0.305 e. The summed E-state index contributed by atoms with van der Waals surface area (Å²) in [5, 5.41) is 0. The van der Waals surface area contributed by atoms with E-state index in [0.717, 1.165) is 25.7 Å². The van der Waals surface area contributed by atoms with Gasteiger partial charge in [-0.25, -0.2) is 0 Å². The maximum Gasteiger partial charge on any atom is 0.305 e. The molecule has 0 unspecified atom stereocenters. The summed E-state index contributed by atoms with van der Waals surface area (Å²) in [6.45, 7) is 4.60. The highest BCUT2D eigenvalue weighted by Gasteiger charge is 1.99. The third-order valence-corrected chi connectivity index (χ3v) is 3.64. The molecule has 0 spiro atoms. The Labute approximate surface area is 138 Å². The van der Waals surface area contributed by atoms with Crippen molar-refractivity contribution in [2.45, 2.75) is 90.9 Å². The normalized spacial score (nSPS) is 11.5. The van der Waals surface area contributed by atoms with Crippen LogP contribution in [0, 0.1) is 0 Å². The first-order chi connectivity index (χ1) is 10.8. The van der Waals surface area contributed by atoms with E-state index < -0.39 is 0 Å². The van der Waals surface area contributed by atoms with Gasteiger partial charge in [0.05, 0.1) is 6.61 Å². The molecule has 2 nitrogen and oxygen atoms in total. The second-order valence-electron chi connectivity index (χ2n) is 5.79. The molecular weight excluding hydrogens is 272 g/mol. The number of hydrogen-bond donors (Lipinski definition) is 0. The molecule has 0 N–H and O–H groups in total. The third kappa shape index (κ3) is 17.0. The molecule has 0 heterocycles. The molecule has 0 aliphatic heterocycles. The van der Waals surface area contributed by atoms with Crippen molar-refractivity contribution in [2.75, 3.05) is 6.61 Å². The standard InChI is InChI=1S/C20H36O2/c1-3-5-6-7-8-9-10-11-12-13-14-15-16-17-18-19-20(21)22-4-2/h11-12,14-15H,3-10,13,16-19H2,1-2H3/b12-11-,15-14-. The average molecular weight is 309 g/mol. The number of esters is 1. The fourth-order valence-electron chi connectivity index (χ4n) is 2.31. The molecule has 0 saturated heterocycles. The quantitative estimate of drug-likeness (QED) is 0.200. The van der Waals surface area contributed by atoms with E-state index in [0.29, 0.717) is 13.0 Å². The molecule has 0 rings (SSSR count). The van der Waals surface area contributed by atoms with E-state index in [1.807, 2.05) is 6.92 Å². The van der Waals surface area contributed by atoms with Crippen molar-refractivity contribution in [3.05, 3.63) is 24.3 Å². The van der Waals surface area contributed by atoms with Crippen molar-refractivity contribution in [3.8, 4) is 0 Å². The van der Waals surface area contributed by atoms with E-state index >= 15 is 0 Å². The zero-order valence-corrected chi connectivity index (χ0v) is 14.8. The summed E-state index contributed by atoms with van der Waals surface area (Å²) >= 11 is 0. The summed E-state index contributed by atoms with van der Waals surface area (Å²) in [5.74, 6) is -0.0656. The first kappa shape index (κ1) is 20.9. The molecule has 0 aromatic rings. The average Bonchev–Trinajstić information content (AvgIpc) is 2.51. The van der Waals surface area contributed by atoms with Crippen molar-refractivity contribution in [3.63, 3.8) is 0 Å². The molecule has 0 aromatic heterocycles. The molecule has 0 bridgehead atoms. The monoisotopic (exact) mass is 308 g/mol. The van der Waals surface area contributed by atoms with Gasteiger partial charge in [0, 0.05) is 6.42 Å². The Bertz CT molecular complexity index is 292. The molecule has 0 aliphatic rings. The lowest BCUT2D eigenvalue weighted by atomic mass is 10.1. The van der Waals surface area contributed by atoms with E-state index in [1.165, 1.54) is 44.9 Å². The van der Waals surface area contributed by atoms with Gasteiger partial charge >= 0.3 is 5.97 Å². The lowest BCUT2D eigenvalue weighted by Crippen LogP contribution is -2.02. The molecule has 0 atom stereocenters. The predicted octanol–water partition coefficient (Wildman–Crippen LogP) is 6.36. The van der Waals surface area contributed by atoms with E-state index in [2.05, 4.69) is 31.2 Å². The highest BCUT2D eigenvalue weighted by Crippen LogP contribution is 2.07. The molecule has 0 fully saturated rings. The second-order valence-corrected chi connectivity index (χ2v) is 5.79. The summed E-state index contributed by atoms with van der Waals surface area (Å²) in [6.07, 6.45) is 23.1. The van der Waals surface area contributed by atoms with Crippen LogP contribution in [0.5, 0.6) is 0 Å². The third-order valence-electron chi connectivity index (χ3n) is 3.64. The van der Waals surface area contributed by atoms with Gasteiger partial charge in [-0.1, -0.05) is 63.3 Å². The van der Waals surface area contributed by atoms with E-state index in [-0.39, 0.29) is 5.97 Å². The maximum atomic E-state index is 11.1. The van der Waals surface area contributed by atoms with Crippen LogP contribution in [-0.2, 0) is 9.53 Å². The number of rotatable bonds is 15. The van der Waals surface area contributed by atoms with Crippen LogP contribution in [0.3, 0.4) is 0 Å². The molecule has 0 amide bonds. The molecule has 0 aliphatic carbocycles. The molecule has 0 saturated carbocycles. The Morgan fingerprint density at radius 1 is 0.773 bits per heavy atom. The zero-order valence-electron chi connectivity index (χ0n) is 14.8. The summed E-state index contributed by atoms with van der Waals surface area (Å²) in [5.41, 5.74) is 0. The number of unbranched alkanes of at least 4 members (excludes halogenated alkanes) is 8. The number of carbonyl (C=O) groups is 1. The van der Waals surface area contributed by atoms with Crippen LogP contribution in [0.25, 0.3) is 0 Å². The molecule has 0 radical (unpaired) electrons. The number of allylic oxidation sites excluding steroid dienone is 4. The fourth-order valence-corrected chi connectivity index (χ4v) is 2.31. The van der Waals surface area contributed by atoms with Crippen molar-refractivity contribution in [1.82, 2.24) is 0 Å². The minimum Gasteiger partial charge on any atom is -0.466 e. The van der Waals surface area contributed by atoms with Crippen molar-refractivity contribution in [2.24, 2.45) is 0 Å². The lowest BCUT2D eigenvalue weighted by Gasteiger charge is -1.99. The predicted molar refractivity (Wildman–Crippen MR) is 96.0 cm³/mol. The SMILES string of the molecule is CCCCCCCC/C=C\C/C=C\CCCCC(=O)OCC. The molecule has 0 aromatic carbocycles. The molecule has 2 heteroatoms. The van der Waals surface area contributed by atoms with Crippen molar-refractivity contribution >= 4 is 5.97 Å². The Balaban J connectivity index is 3.25. The van der Waals surface area contributed by atoms with Gasteiger partial charge in [-0.15, -0.1) is 0 Å². The van der Waals surface area contributed by atoms with Crippen LogP contribution in [0.2, 0.25) is 0 Å². The van der Waals surface area contributed by atoms with Crippen molar-refractivity contribution in [1.29, 1.82) is 0 Å². The summed E-state index contributed by atoms with van der Waals surface area (Å²) in [4.78, 5) is 11.1. The number of ether oxygens (including phenoxy) is 1. The summed E-state index contributed by atoms with van der Waals surface area (Å²) in [7, 11) is 0. The first-order valence-corrected chi connectivity index (χ1v) is 9.26. The number of hydrogen-bond acceptors (Lipinski definition) is 2. The Morgan fingerprint density at radius 2 is 1.36 bits per heavy atom. The Morgan fingerprint density at radius 3 is 2.00 bits per heavy atom. The first-order valence-electron chi connectivity index (χ1n) is 9.26. The Hall–Kier alpha value is -1.05. The van der Waals surface area contributed by atoms with Crippen LogP contribution in [0.1, 0.15) is 90.9 Å². The van der Waals surface area contributed by atoms with Gasteiger partial charge in [0.15, 0.2) is 0 Å². The molecule has 128 valence electrons. The lowest BCUT2D eigenvalue weighted by molar-refractivity contribution is -0.143. The van der Waals surface area contributed by atoms with Crippen LogP contribution >= 0.6 is 0 Å². The maximum absolute atomic E-state index is 11.1. The van der Waals surface area contributed by atoms with Gasteiger partial charge in [-0.3, -0.25) is 4.79 Å². The van der Waals surface area contributed by atoms with E-state index in [9.17, 15) is 4.79 Å². The second kappa shape index (κ2) is 18.0. The van der Waals surface area contributed by atoms with Crippen molar-refractivity contribution < 1.29 is 9.53 Å². The van der Waals surface area contributed by atoms with Gasteiger partial charge in [0.2, 0.25) is 0 Å².